The van der Waals surface area contributed by atoms with Gasteiger partial charge in [0.2, 0.25) is 0 Å². The second kappa shape index (κ2) is 7.62. The maximum Gasteiger partial charge on any atom is 0.256 e. The van der Waals surface area contributed by atoms with Gasteiger partial charge in [0.1, 0.15) is 5.82 Å². The van der Waals surface area contributed by atoms with Gasteiger partial charge in [-0.25, -0.2) is 4.98 Å². The van der Waals surface area contributed by atoms with Crippen molar-refractivity contribution >= 4 is 17.4 Å². The van der Waals surface area contributed by atoms with Crippen LogP contribution in [0.4, 0.5) is 11.5 Å². The Kier molecular flexibility index (Phi) is 5.09. The minimum Gasteiger partial charge on any atom is -0.381 e. The summed E-state index contributed by atoms with van der Waals surface area (Å²) in [5.74, 6) is 0.409. The van der Waals surface area contributed by atoms with E-state index < -0.39 is 0 Å². The van der Waals surface area contributed by atoms with Crippen LogP contribution in [0.2, 0.25) is 0 Å². The van der Waals surface area contributed by atoms with Gasteiger partial charge in [-0.2, -0.15) is 0 Å². The fraction of sp³-hybridized carbons (Fsp3) is 0.143. The zero-order valence-corrected chi connectivity index (χ0v) is 14.4. The molecule has 2 N–H and O–H groups in total. The summed E-state index contributed by atoms with van der Waals surface area (Å²) in [4.78, 5) is 16.6. The Balaban J connectivity index is 1.61. The van der Waals surface area contributed by atoms with E-state index in [0.717, 1.165) is 16.9 Å². The number of para-hydroxylation sites is 1. The molecule has 25 heavy (non-hydrogen) atoms. The predicted octanol–water partition coefficient (Wildman–Crippen LogP) is 4.56. The number of rotatable bonds is 5. The molecule has 0 aliphatic rings. The van der Waals surface area contributed by atoms with E-state index in [0.29, 0.717) is 17.9 Å². The molecule has 3 rings (SSSR count). The monoisotopic (exact) mass is 331 g/mol. The number of aromatic nitrogens is 1. The number of aryl methyl sites for hydroxylation is 2. The molecule has 4 heteroatoms. The Morgan fingerprint density at radius 1 is 0.920 bits per heavy atom. The number of carbonyl (C=O) groups is 1. The first-order valence-electron chi connectivity index (χ1n) is 8.25. The van der Waals surface area contributed by atoms with Crippen LogP contribution >= 0.6 is 0 Å². The quantitative estimate of drug-likeness (QED) is 0.720. The normalized spacial score (nSPS) is 10.3. The summed E-state index contributed by atoms with van der Waals surface area (Å²) in [5, 5.41) is 6.23. The molecule has 1 aromatic heterocycles. The van der Waals surface area contributed by atoms with E-state index in [1.165, 1.54) is 5.56 Å². The number of anilines is 2. The number of benzene rings is 2. The van der Waals surface area contributed by atoms with Gasteiger partial charge in [0, 0.05) is 23.5 Å². The number of carbonyl (C=O) groups excluding carboxylic acids is 1. The summed E-state index contributed by atoms with van der Waals surface area (Å²) in [6.07, 6.45) is 0. The van der Waals surface area contributed by atoms with Crippen LogP contribution < -0.4 is 10.6 Å². The van der Waals surface area contributed by atoms with Crippen molar-refractivity contribution in [3.8, 4) is 0 Å². The van der Waals surface area contributed by atoms with Crippen molar-refractivity contribution in [1.29, 1.82) is 0 Å². The van der Waals surface area contributed by atoms with Crippen LogP contribution in [0.1, 0.15) is 27.2 Å². The summed E-state index contributed by atoms with van der Waals surface area (Å²) in [6, 6.07) is 21.3. The number of nitrogens with zero attached hydrogens (tertiary/aromatic N) is 1. The second-order valence-corrected chi connectivity index (χ2v) is 5.98. The zero-order chi connectivity index (χ0) is 17.6. The van der Waals surface area contributed by atoms with Gasteiger partial charge in [0.05, 0.1) is 0 Å². The van der Waals surface area contributed by atoms with Crippen molar-refractivity contribution in [1.82, 2.24) is 4.98 Å². The molecule has 1 amide bonds. The maximum atomic E-state index is 12.3. The summed E-state index contributed by atoms with van der Waals surface area (Å²) in [6.45, 7) is 4.69. The maximum absolute atomic E-state index is 12.3. The van der Waals surface area contributed by atoms with E-state index in [1.807, 2.05) is 55.5 Å². The van der Waals surface area contributed by atoms with Crippen molar-refractivity contribution in [3.05, 3.63) is 89.1 Å². The van der Waals surface area contributed by atoms with Crippen LogP contribution in [-0.4, -0.2) is 10.9 Å². The first-order chi connectivity index (χ1) is 12.1. The summed E-state index contributed by atoms with van der Waals surface area (Å²) < 4.78 is 0. The zero-order valence-electron chi connectivity index (χ0n) is 14.4. The van der Waals surface area contributed by atoms with Gasteiger partial charge in [-0.15, -0.1) is 0 Å². The van der Waals surface area contributed by atoms with E-state index in [4.69, 9.17) is 0 Å². The smallest absolute Gasteiger partial charge is 0.256 e. The Morgan fingerprint density at radius 2 is 1.68 bits per heavy atom. The summed E-state index contributed by atoms with van der Waals surface area (Å²) in [7, 11) is 0. The van der Waals surface area contributed by atoms with Gasteiger partial charge in [0.15, 0.2) is 0 Å². The molecule has 0 unspecified atom stereocenters. The third-order valence-corrected chi connectivity index (χ3v) is 3.97. The Bertz CT molecular complexity index is 872. The third kappa shape index (κ3) is 4.44. The molecular weight excluding hydrogens is 310 g/mol. The highest BCUT2D eigenvalue weighted by molar-refractivity contribution is 6.03. The molecule has 126 valence electrons. The first kappa shape index (κ1) is 16.7. The molecule has 0 fully saturated rings. The Morgan fingerprint density at radius 3 is 2.40 bits per heavy atom. The van der Waals surface area contributed by atoms with Crippen LogP contribution in [0.15, 0.2) is 66.7 Å². The lowest BCUT2D eigenvalue weighted by molar-refractivity contribution is 0.102. The number of nitrogens with one attached hydrogen (secondary N) is 2. The third-order valence-electron chi connectivity index (χ3n) is 3.97. The Labute approximate surface area is 147 Å². The van der Waals surface area contributed by atoms with E-state index in [1.54, 1.807) is 6.07 Å². The molecule has 0 spiro atoms. The molecule has 0 bridgehead atoms. The molecule has 0 aliphatic carbocycles. The molecule has 0 saturated carbocycles. The minimum absolute atomic E-state index is 0.156. The van der Waals surface area contributed by atoms with Crippen LogP contribution in [-0.2, 0) is 6.54 Å². The fourth-order valence-electron chi connectivity index (χ4n) is 2.54. The van der Waals surface area contributed by atoms with Gasteiger partial charge >= 0.3 is 0 Å². The molecule has 3 aromatic rings. The van der Waals surface area contributed by atoms with Crippen molar-refractivity contribution in [2.75, 3.05) is 10.6 Å². The van der Waals surface area contributed by atoms with Gasteiger partial charge in [-0.05, 0) is 55.3 Å². The van der Waals surface area contributed by atoms with E-state index in [-0.39, 0.29) is 5.91 Å². The standard InChI is InChI=1S/C21H21N3O/c1-15-6-3-4-8-19(15)22-14-17-10-12-18(13-11-17)21(25)24-20-9-5-7-16(2)23-20/h3-13,22H,14H2,1-2H3,(H,23,24,25). The molecule has 0 saturated heterocycles. The van der Waals surface area contributed by atoms with Crippen molar-refractivity contribution in [3.63, 3.8) is 0 Å². The largest absolute Gasteiger partial charge is 0.381 e. The number of pyridine rings is 1. The van der Waals surface area contributed by atoms with Crippen LogP contribution in [0.25, 0.3) is 0 Å². The molecule has 0 radical (unpaired) electrons. The minimum atomic E-state index is -0.156. The topological polar surface area (TPSA) is 54.0 Å². The molecular formula is C21H21N3O. The van der Waals surface area contributed by atoms with Gasteiger partial charge < -0.3 is 10.6 Å². The highest BCUT2D eigenvalue weighted by Crippen LogP contribution is 2.15. The molecule has 2 aromatic carbocycles. The van der Waals surface area contributed by atoms with E-state index in [9.17, 15) is 4.79 Å². The van der Waals surface area contributed by atoms with E-state index >= 15 is 0 Å². The summed E-state index contributed by atoms with van der Waals surface area (Å²) in [5.41, 5.74) is 4.94. The lowest BCUT2D eigenvalue weighted by atomic mass is 10.1. The van der Waals surface area contributed by atoms with E-state index in [2.05, 4.69) is 34.7 Å². The average Bonchev–Trinajstić information content (AvgIpc) is 2.61. The van der Waals surface area contributed by atoms with Crippen molar-refractivity contribution in [2.45, 2.75) is 20.4 Å². The molecule has 0 atom stereocenters. The number of hydrogen-bond donors (Lipinski definition) is 2. The first-order valence-corrected chi connectivity index (χ1v) is 8.25. The summed E-state index contributed by atoms with van der Waals surface area (Å²) >= 11 is 0. The lowest BCUT2D eigenvalue weighted by Crippen LogP contribution is -2.13. The van der Waals surface area contributed by atoms with Gasteiger partial charge in [0.25, 0.3) is 5.91 Å². The Hall–Kier alpha value is -3.14. The number of hydrogen-bond acceptors (Lipinski definition) is 3. The van der Waals surface area contributed by atoms with Crippen LogP contribution in [0.3, 0.4) is 0 Å². The highest BCUT2D eigenvalue weighted by Gasteiger charge is 2.07. The van der Waals surface area contributed by atoms with Crippen LogP contribution in [0.5, 0.6) is 0 Å². The number of amides is 1. The average molecular weight is 331 g/mol. The van der Waals surface area contributed by atoms with Crippen LogP contribution in [0, 0.1) is 13.8 Å². The molecule has 1 heterocycles. The fourth-order valence-corrected chi connectivity index (χ4v) is 2.54. The lowest BCUT2D eigenvalue weighted by Gasteiger charge is -2.10. The van der Waals surface area contributed by atoms with Crippen molar-refractivity contribution in [2.24, 2.45) is 0 Å². The highest BCUT2D eigenvalue weighted by atomic mass is 16.1. The molecule has 0 aliphatic heterocycles. The van der Waals surface area contributed by atoms with Crippen molar-refractivity contribution < 1.29 is 4.79 Å². The van der Waals surface area contributed by atoms with Gasteiger partial charge in [-0.3, -0.25) is 4.79 Å². The SMILES string of the molecule is Cc1cccc(NC(=O)c2ccc(CNc3ccccc3C)cc2)n1. The second-order valence-electron chi connectivity index (χ2n) is 5.98. The van der Waals surface area contributed by atoms with Gasteiger partial charge in [-0.1, -0.05) is 36.4 Å². The predicted molar refractivity (Wildman–Crippen MR) is 102 cm³/mol. The molecule has 4 nitrogen and oxygen atoms in total.